The average molecular weight is 309 g/mol. The van der Waals surface area contributed by atoms with Crippen LogP contribution >= 0.6 is 0 Å². The third-order valence-corrected chi connectivity index (χ3v) is 4.71. The van der Waals surface area contributed by atoms with E-state index in [1.807, 2.05) is 24.3 Å². The molecule has 6 nitrogen and oxygen atoms in total. The molecule has 6 heteroatoms. The van der Waals surface area contributed by atoms with Gasteiger partial charge in [-0.05, 0) is 30.7 Å². The van der Waals surface area contributed by atoms with Crippen LogP contribution in [0.5, 0.6) is 17.2 Å². The molecule has 3 aliphatic rings. The van der Waals surface area contributed by atoms with Crippen molar-refractivity contribution in [1.29, 1.82) is 0 Å². The summed E-state index contributed by atoms with van der Waals surface area (Å²) in [6, 6.07) is 7.75. The summed E-state index contributed by atoms with van der Waals surface area (Å²) in [4.78, 5) is 15.7. The van der Waals surface area contributed by atoms with Crippen molar-refractivity contribution in [3.63, 3.8) is 0 Å². The molecule has 2 aromatic rings. The number of pyridine rings is 1. The van der Waals surface area contributed by atoms with E-state index >= 15 is 0 Å². The van der Waals surface area contributed by atoms with E-state index in [1.165, 1.54) is 0 Å². The summed E-state index contributed by atoms with van der Waals surface area (Å²) in [5, 5.41) is 2.78. The Bertz CT molecular complexity index is 836. The second-order valence-corrected chi connectivity index (χ2v) is 6.17. The summed E-state index contributed by atoms with van der Waals surface area (Å²) in [5.41, 5.74) is 8.04. The van der Waals surface area contributed by atoms with Crippen LogP contribution < -0.4 is 20.5 Å². The number of nitrogens with one attached hydrogen (secondary N) is 1. The van der Waals surface area contributed by atoms with Gasteiger partial charge >= 0.3 is 0 Å². The maximum atomic E-state index is 11.5. The first-order chi connectivity index (χ1) is 11.2. The number of nitrogens with zero attached hydrogens (tertiary/aromatic N) is 1. The zero-order valence-corrected chi connectivity index (χ0v) is 12.3. The minimum absolute atomic E-state index is 0.00871. The molecule has 0 saturated heterocycles. The van der Waals surface area contributed by atoms with E-state index in [9.17, 15) is 4.79 Å². The van der Waals surface area contributed by atoms with Gasteiger partial charge < -0.3 is 20.5 Å². The number of ether oxygens (including phenoxy) is 2. The molecular weight excluding hydrogens is 294 g/mol. The Labute approximate surface area is 132 Å². The Morgan fingerprint density at radius 1 is 1.30 bits per heavy atom. The molecule has 0 radical (unpaired) electrons. The van der Waals surface area contributed by atoms with Crippen LogP contribution in [-0.4, -0.2) is 23.0 Å². The predicted octanol–water partition coefficient (Wildman–Crippen LogP) is 1.94. The number of rotatable bonds is 2. The quantitative estimate of drug-likeness (QED) is 0.885. The molecule has 0 bridgehead atoms. The Morgan fingerprint density at radius 3 is 3.13 bits per heavy atom. The highest BCUT2D eigenvalue weighted by Gasteiger charge is 2.56. The van der Waals surface area contributed by atoms with Crippen LogP contribution in [0, 0.1) is 0 Å². The highest BCUT2D eigenvalue weighted by atomic mass is 16.5. The molecule has 3 heterocycles. The van der Waals surface area contributed by atoms with E-state index in [0.29, 0.717) is 24.6 Å². The molecule has 0 unspecified atom stereocenters. The number of carbonyl (C=O) groups is 1. The van der Waals surface area contributed by atoms with E-state index in [0.717, 1.165) is 28.4 Å². The van der Waals surface area contributed by atoms with Crippen molar-refractivity contribution in [2.45, 2.75) is 30.9 Å². The van der Waals surface area contributed by atoms with E-state index in [2.05, 4.69) is 10.3 Å². The summed E-state index contributed by atoms with van der Waals surface area (Å²) < 4.78 is 11.8. The van der Waals surface area contributed by atoms with Crippen LogP contribution in [0.15, 0.2) is 30.5 Å². The molecule has 23 heavy (non-hydrogen) atoms. The number of amides is 1. The van der Waals surface area contributed by atoms with Gasteiger partial charge in [-0.3, -0.25) is 4.79 Å². The maximum absolute atomic E-state index is 11.5. The molecule has 1 aliphatic carbocycles. The van der Waals surface area contributed by atoms with Crippen LogP contribution in [-0.2, 0) is 11.2 Å². The van der Waals surface area contributed by atoms with Crippen molar-refractivity contribution < 1.29 is 14.3 Å². The minimum atomic E-state index is -0.00871. The second-order valence-electron chi connectivity index (χ2n) is 6.17. The van der Waals surface area contributed by atoms with Gasteiger partial charge in [0.25, 0.3) is 0 Å². The van der Waals surface area contributed by atoms with Gasteiger partial charge in [-0.15, -0.1) is 0 Å². The molecule has 1 aromatic carbocycles. The molecular formula is C17H15N3O3. The molecule has 3 atom stereocenters. The van der Waals surface area contributed by atoms with Crippen LogP contribution in [0.2, 0.25) is 0 Å². The first kappa shape index (κ1) is 12.9. The lowest BCUT2D eigenvalue weighted by molar-refractivity contribution is -0.116. The Hall–Kier alpha value is -2.60. The van der Waals surface area contributed by atoms with Crippen molar-refractivity contribution in [3.05, 3.63) is 41.6 Å². The van der Waals surface area contributed by atoms with Gasteiger partial charge in [0.15, 0.2) is 0 Å². The third-order valence-electron chi connectivity index (χ3n) is 4.71. The van der Waals surface area contributed by atoms with Crippen LogP contribution in [0.25, 0.3) is 0 Å². The largest absolute Gasteiger partial charge is 0.488 e. The Balaban J connectivity index is 1.47. The topological polar surface area (TPSA) is 86.5 Å². The van der Waals surface area contributed by atoms with Gasteiger partial charge in [0, 0.05) is 29.7 Å². The standard InChI is InChI=1S/C17H15N3O3/c18-15-14-10-7-8(1-3-11(10)23-16(14)15)22-12-5-6-19-17-9(12)2-4-13(21)20-17/h1,3,5-7,14-16H,2,4,18H2,(H,19,20,21)/t14-,15-,16-/m1/s1. The van der Waals surface area contributed by atoms with Gasteiger partial charge in [-0.25, -0.2) is 4.98 Å². The van der Waals surface area contributed by atoms with E-state index in [-0.39, 0.29) is 18.1 Å². The maximum Gasteiger partial charge on any atom is 0.225 e. The molecule has 1 saturated carbocycles. The fourth-order valence-corrected chi connectivity index (χ4v) is 3.43. The number of anilines is 1. The zero-order valence-electron chi connectivity index (χ0n) is 12.3. The molecule has 5 rings (SSSR count). The lowest BCUT2D eigenvalue weighted by Gasteiger charge is -2.19. The molecule has 2 aliphatic heterocycles. The normalized spacial score (nSPS) is 26.5. The Morgan fingerprint density at radius 2 is 2.22 bits per heavy atom. The molecule has 116 valence electrons. The first-order valence-electron chi connectivity index (χ1n) is 7.72. The molecule has 0 spiro atoms. The number of fused-ring (bicyclic) bond motifs is 4. The van der Waals surface area contributed by atoms with Gasteiger partial charge in [-0.1, -0.05) is 0 Å². The van der Waals surface area contributed by atoms with Crippen LogP contribution in [0.3, 0.4) is 0 Å². The lowest BCUT2D eigenvalue weighted by Crippen LogP contribution is -2.20. The Kier molecular flexibility index (Phi) is 2.50. The van der Waals surface area contributed by atoms with Crippen LogP contribution in [0.4, 0.5) is 5.82 Å². The highest BCUT2D eigenvalue weighted by Crippen LogP contribution is 2.53. The molecule has 1 amide bonds. The number of hydrogen-bond acceptors (Lipinski definition) is 5. The van der Waals surface area contributed by atoms with Gasteiger partial charge in [-0.2, -0.15) is 0 Å². The van der Waals surface area contributed by atoms with Crippen molar-refractivity contribution in [2.24, 2.45) is 5.73 Å². The van der Waals surface area contributed by atoms with Crippen molar-refractivity contribution in [1.82, 2.24) is 4.98 Å². The summed E-state index contributed by atoms with van der Waals surface area (Å²) in [7, 11) is 0. The smallest absolute Gasteiger partial charge is 0.225 e. The average Bonchev–Trinajstić information content (AvgIpc) is 3.02. The predicted molar refractivity (Wildman–Crippen MR) is 82.8 cm³/mol. The molecule has 3 N–H and O–H groups in total. The summed E-state index contributed by atoms with van der Waals surface area (Å²) >= 11 is 0. The summed E-state index contributed by atoms with van der Waals surface area (Å²) in [5.74, 6) is 3.25. The highest BCUT2D eigenvalue weighted by molar-refractivity contribution is 5.93. The third kappa shape index (κ3) is 1.91. The fourth-order valence-electron chi connectivity index (χ4n) is 3.43. The monoisotopic (exact) mass is 309 g/mol. The number of hydrogen-bond donors (Lipinski definition) is 2. The lowest BCUT2D eigenvalue weighted by atomic mass is 10.1. The minimum Gasteiger partial charge on any atom is -0.488 e. The molecule has 1 fully saturated rings. The van der Waals surface area contributed by atoms with Crippen molar-refractivity contribution in [2.75, 3.05) is 5.32 Å². The van der Waals surface area contributed by atoms with Gasteiger partial charge in [0.05, 0.1) is 6.04 Å². The number of aromatic nitrogens is 1. The van der Waals surface area contributed by atoms with Crippen LogP contribution in [0.1, 0.15) is 23.5 Å². The van der Waals surface area contributed by atoms with Gasteiger partial charge in [0.1, 0.15) is 29.2 Å². The second kappa shape index (κ2) is 4.45. The number of nitrogens with two attached hydrogens (primary N) is 1. The number of carbonyl (C=O) groups excluding carboxylic acids is 1. The number of benzene rings is 1. The fraction of sp³-hybridized carbons (Fsp3) is 0.294. The van der Waals surface area contributed by atoms with Crippen molar-refractivity contribution >= 4 is 11.7 Å². The molecule has 1 aromatic heterocycles. The SMILES string of the molecule is N[C@H]1[C@@H]2Oc3ccc(Oc4ccnc5c4CCC(=O)N5)cc3[C@H]12. The van der Waals surface area contributed by atoms with E-state index in [4.69, 9.17) is 15.2 Å². The van der Waals surface area contributed by atoms with E-state index in [1.54, 1.807) is 6.20 Å². The van der Waals surface area contributed by atoms with Crippen molar-refractivity contribution in [3.8, 4) is 17.2 Å². The summed E-state index contributed by atoms with van der Waals surface area (Å²) in [6.07, 6.45) is 2.85. The van der Waals surface area contributed by atoms with Gasteiger partial charge in [0.2, 0.25) is 5.91 Å². The summed E-state index contributed by atoms with van der Waals surface area (Å²) in [6.45, 7) is 0. The van der Waals surface area contributed by atoms with E-state index < -0.39 is 0 Å². The zero-order chi connectivity index (χ0) is 15.6. The first-order valence-corrected chi connectivity index (χ1v) is 7.72.